The van der Waals surface area contributed by atoms with Gasteiger partial charge in [-0.2, -0.15) is 0 Å². The van der Waals surface area contributed by atoms with Crippen LogP contribution in [0.4, 0.5) is 11.4 Å². The van der Waals surface area contributed by atoms with Crippen molar-refractivity contribution in [3.63, 3.8) is 0 Å². The predicted octanol–water partition coefficient (Wildman–Crippen LogP) is 2.83. The maximum atomic E-state index is 10.6. The third-order valence-corrected chi connectivity index (χ3v) is 2.95. The molecule has 0 saturated heterocycles. The number of hydrogen-bond donors (Lipinski definition) is 2. The zero-order valence-electron chi connectivity index (χ0n) is 11.2. The third-order valence-electron chi connectivity index (χ3n) is 2.95. The maximum Gasteiger partial charge on any atom is 0.307 e. The first-order chi connectivity index (χ1) is 10.0. The van der Waals surface area contributed by atoms with E-state index in [0.29, 0.717) is 6.54 Å². The topological polar surface area (TPSA) is 92.5 Å². The number of aliphatic carboxylic acids is 1. The second-order valence-corrected chi connectivity index (χ2v) is 4.54. The van der Waals surface area contributed by atoms with Crippen molar-refractivity contribution in [2.45, 2.75) is 13.0 Å². The summed E-state index contributed by atoms with van der Waals surface area (Å²) in [6, 6.07) is 13.5. The van der Waals surface area contributed by atoms with E-state index in [0.717, 1.165) is 16.8 Å². The van der Waals surface area contributed by atoms with Gasteiger partial charge in [-0.15, -0.1) is 0 Å². The van der Waals surface area contributed by atoms with Crippen LogP contribution >= 0.6 is 0 Å². The number of hydrogen-bond acceptors (Lipinski definition) is 4. The van der Waals surface area contributed by atoms with E-state index in [1.165, 1.54) is 12.1 Å². The summed E-state index contributed by atoms with van der Waals surface area (Å²) in [6.45, 7) is 0.538. The molecule has 0 fully saturated rings. The van der Waals surface area contributed by atoms with Gasteiger partial charge in [0.05, 0.1) is 11.3 Å². The fourth-order valence-electron chi connectivity index (χ4n) is 1.85. The molecule has 0 amide bonds. The molecular weight excluding hydrogens is 272 g/mol. The van der Waals surface area contributed by atoms with E-state index < -0.39 is 10.9 Å². The molecule has 0 saturated carbocycles. The minimum absolute atomic E-state index is 0.00261. The number of benzene rings is 2. The lowest BCUT2D eigenvalue weighted by Crippen LogP contribution is -2.02. The Morgan fingerprint density at radius 2 is 1.62 bits per heavy atom. The Hall–Kier alpha value is -2.89. The van der Waals surface area contributed by atoms with Gasteiger partial charge in [-0.3, -0.25) is 14.9 Å². The molecule has 2 aromatic carbocycles. The lowest BCUT2D eigenvalue weighted by Gasteiger charge is -2.07. The highest BCUT2D eigenvalue weighted by Gasteiger charge is 2.04. The van der Waals surface area contributed by atoms with Crippen LogP contribution in [0.2, 0.25) is 0 Å². The molecule has 2 rings (SSSR count). The first kappa shape index (κ1) is 14.5. The highest BCUT2D eigenvalue weighted by Crippen LogP contribution is 2.14. The monoisotopic (exact) mass is 286 g/mol. The van der Waals surface area contributed by atoms with Crippen LogP contribution in [0, 0.1) is 10.1 Å². The van der Waals surface area contributed by atoms with Gasteiger partial charge in [0, 0.05) is 24.4 Å². The molecule has 0 unspecified atom stereocenters. The highest BCUT2D eigenvalue weighted by atomic mass is 16.6. The molecule has 0 heterocycles. The van der Waals surface area contributed by atoms with Crippen molar-refractivity contribution in [3.05, 3.63) is 69.8 Å². The number of nitrogens with zero attached hydrogens (tertiary/aromatic N) is 1. The molecule has 0 atom stereocenters. The van der Waals surface area contributed by atoms with Crippen molar-refractivity contribution in [3.8, 4) is 0 Å². The number of carboxylic acids is 1. The van der Waals surface area contributed by atoms with Gasteiger partial charge >= 0.3 is 5.97 Å². The number of carbonyl (C=O) groups is 1. The smallest absolute Gasteiger partial charge is 0.307 e. The summed E-state index contributed by atoms with van der Waals surface area (Å²) in [5.74, 6) is -0.860. The molecule has 6 heteroatoms. The minimum Gasteiger partial charge on any atom is -0.481 e. The first-order valence-electron chi connectivity index (χ1n) is 6.32. The molecule has 6 nitrogen and oxygen atoms in total. The molecule has 0 radical (unpaired) electrons. The molecule has 0 bridgehead atoms. The zero-order valence-corrected chi connectivity index (χ0v) is 11.2. The molecule has 0 aliphatic heterocycles. The number of carboxylic acid groups (broad SMARTS) is 1. The molecule has 21 heavy (non-hydrogen) atoms. The highest BCUT2D eigenvalue weighted by molar-refractivity contribution is 5.70. The quantitative estimate of drug-likeness (QED) is 0.629. The normalized spacial score (nSPS) is 10.1. The van der Waals surface area contributed by atoms with E-state index in [9.17, 15) is 14.9 Å². The number of nitro groups is 1. The SMILES string of the molecule is O=C(O)Cc1ccc(NCc2ccc([N+](=O)[O-])cc2)cc1. The Bertz CT molecular complexity index is 636. The van der Waals surface area contributed by atoms with Gasteiger partial charge in [0.15, 0.2) is 0 Å². The number of non-ortho nitro benzene ring substituents is 1. The van der Waals surface area contributed by atoms with Gasteiger partial charge in [-0.1, -0.05) is 24.3 Å². The van der Waals surface area contributed by atoms with Crippen molar-refractivity contribution >= 4 is 17.3 Å². The van der Waals surface area contributed by atoms with Gasteiger partial charge in [0.25, 0.3) is 5.69 Å². The second kappa shape index (κ2) is 6.51. The largest absolute Gasteiger partial charge is 0.481 e. The maximum absolute atomic E-state index is 10.6. The molecule has 0 spiro atoms. The van der Waals surface area contributed by atoms with Crippen LogP contribution in [0.3, 0.4) is 0 Å². The summed E-state index contributed by atoms with van der Waals surface area (Å²) in [6.07, 6.45) is 0.00261. The third kappa shape index (κ3) is 4.31. The summed E-state index contributed by atoms with van der Waals surface area (Å²) >= 11 is 0. The van der Waals surface area contributed by atoms with Crippen molar-refractivity contribution < 1.29 is 14.8 Å². The summed E-state index contributed by atoms with van der Waals surface area (Å²) in [5, 5.41) is 22.4. The number of nitrogens with one attached hydrogen (secondary N) is 1. The van der Waals surface area contributed by atoms with E-state index in [4.69, 9.17) is 5.11 Å². The van der Waals surface area contributed by atoms with E-state index in [-0.39, 0.29) is 12.1 Å². The molecule has 0 aliphatic carbocycles. The first-order valence-corrected chi connectivity index (χ1v) is 6.32. The molecule has 108 valence electrons. The minimum atomic E-state index is -0.860. The van der Waals surface area contributed by atoms with Crippen molar-refractivity contribution in [1.82, 2.24) is 0 Å². The number of rotatable bonds is 6. The number of anilines is 1. The van der Waals surface area contributed by atoms with Gasteiger partial charge in [-0.25, -0.2) is 0 Å². The van der Waals surface area contributed by atoms with Crippen LogP contribution in [0.15, 0.2) is 48.5 Å². The average Bonchev–Trinajstić information content (AvgIpc) is 2.46. The standard InChI is InChI=1S/C15H14N2O4/c18-15(19)9-11-1-5-13(6-2-11)16-10-12-3-7-14(8-4-12)17(20)21/h1-8,16H,9-10H2,(H,18,19). The van der Waals surface area contributed by atoms with Crippen molar-refractivity contribution in [1.29, 1.82) is 0 Å². The van der Waals surface area contributed by atoms with Crippen LogP contribution < -0.4 is 5.32 Å². The van der Waals surface area contributed by atoms with Gasteiger partial charge < -0.3 is 10.4 Å². The number of nitro benzene ring substituents is 1. The van der Waals surface area contributed by atoms with Gasteiger partial charge in [-0.05, 0) is 23.3 Å². The van der Waals surface area contributed by atoms with Crippen LogP contribution in [-0.2, 0) is 17.8 Å². The van der Waals surface area contributed by atoms with Crippen LogP contribution in [0.25, 0.3) is 0 Å². The lowest BCUT2D eigenvalue weighted by molar-refractivity contribution is -0.384. The molecular formula is C15H14N2O4. The summed E-state index contributed by atoms with van der Waals surface area (Å²) in [7, 11) is 0. The zero-order chi connectivity index (χ0) is 15.2. The lowest BCUT2D eigenvalue weighted by atomic mass is 10.1. The van der Waals surface area contributed by atoms with E-state index in [2.05, 4.69) is 5.32 Å². The van der Waals surface area contributed by atoms with Crippen LogP contribution in [0.5, 0.6) is 0 Å². The Kier molecular flexibility index (Phi) is 4.50. The molecule has 2 N–H and O–H groups in total. The Morgan fingerprint density at radius 3 is 2.14 bits per heavy atom. The van der Waals surface area contributed by atoms with Gasteiger partial charge in [0.1, 0.15) is 0 Å². The van der Waals surface area contributed by atoms with Gasteiger partial charge in [0.2, 0.25) is 0 Å². The second-order valence-electron chi connectivity index (χ2n) is 4.54. The Morgan fingerprint density at radius 1 is 1.05 bits per heavy atom. The van der Waals surface area contributed by atoms with E-state index >= 15 is 0 Å². The Labute approximate surface area is 121 Å². The van der Waals surface area contributed by atoms with Crippen molar-refractivity contribution in [2.24, 2.45) is 0 Å². The summed E-state index contributed by atoms with van der Waals surface area (Å²) in [4.78, 5) is 20.7. The summed E-state index contributed by atoms with van der Waals surface area (Å²) in [5.41, 5.74) is 2.60. The molecule has 0 aliphatic rings. The molecule has 2 aromatic rings. The fraction of sp³-hybridized carbons (Fsp3) is 0.133. The van der Waals surface area contributed by atoms with E-state index in [1.807, 2.05) is 12.1 Å². The average molecular weight is 286 g/mol. The Balaban J connectivity index is 1.93. The van der Waals surface area contributed by atoms with Crippen LogP contribution in [0.1, 0.15) is 11.1 Å². The fourth-order valence-corrected chi connectivity index (χ4v) is 1.85. The van der Waals surface area contributed by atoms with Crippen molar-refractivity contribution in [2.75, 3.05) is 5.32 Å². The molecule has 0 aromatic heterocycles. The van der Waals surface area contributed by atoms with E-state index in [1.54, 1.807) is 24.3 Å². The summed E-state index contributed by atoms with van der Waals surface area (Å²) < 4.78 is 0. The van der Waals surface area contributed by atoms with Crippen LogP contribution in [-0.4, -0.2) is 16.0 Å². The predicted molar refractivity (Wildman–Crippen MR) is 78.2 cm³/mol.